The Morgan fingerprint density at radius 3 is 2.21 bits per heavy atom. The first-order chi connectivity index (χ1) is 16.1. The molecule has 2 saturated heterocycles. The van der Waals surface area contributed by atoms with E-state index in [1.807, 2.05) is 28.0 Å². The second kappa shape index (κ2) is 9.35. The average molecular weight is 446 g/mol. The topological polar surface area (TPSA) is 61.8 Å². The van der Waals surface area contributed by atoms with Gasteiger partial charge in [-0.25, -0.2) is 14.8 Å². The molecule has 0 atom stereocenters. The van der Waals surface area contributed by atoms with Crippen molar-refractivity contribution >= 4 is 22.9 Å². The van der Waals surface area contributed by atoms with Crippen molar-refractivity contribution in [3.05, 3.63) is 53.6 Å². The van der Waals surface area contributed by atoms with Gasteiger partial charge in [0.1, 0.15) is 5.69 Å². The second-order valence-corrected chi connectivity index (χ2v) is 8.90. The summed E-state index contributed by atoms with van der Waals surface area (Å²) in [5.74, 6) is 0.901. The summed E-state index contributed by atoms with van der Waals surface area (Å²) in [7, 11) is 0. The Kier molecular flexibility index (Phi) is 6.13. The largest absolute Gasteiger partial charge is 0.378 e. The Hall–Kier alpha value is -3.19. The van der Waals surface area contributed by atoms with Gasteiger partial charge in [0, 0.05) is 44.8 Å². The van der Waals surface area contributed by atoms with Crippen molar-refractivity contribution in [2.75, 3.05) is 57.4 Å². The first-order valence-electron chi connectivity index (χ1n) is 11.8. The molecule has 0 aliphatic carbocycles. The van der Waals surface area contributed by atoms with Gasteiger partial charge < -0.3 is 19.4 Å². The zero-order chi connectivity index (χ0) is 22.8. The SMILES string of the molecule is Cc1cc2nc(-c3ccccc3)c(N3CCCN(C(=O)N4CCOCC4)CC3)nc2cc1C. The Bertz CT molecular complexity index is 1140. The predicted octanol–water partition coefficient (Wildman–Crippen LogP) is 3.88. The highest BCUT2D eigenvalue weighted by Crippen LogP contribution is 2.31. The molecule has 0 N–H and O–H groups in total. The van der Waals surface area contributed by atoms with E-state index >= 15 is 0 Å². The molecule has 2 aliphatic rings. The normalized spacial score (nSPS) is 17.3. The third kappa shape index (κ3) is 4.50. The molecule has 3 heterocycles. The third-order valence-electron chi connectivity index (χ3n) is 6.66. The molecule has 5 rings (SSSR count). The van der Waals surface area contributed by atoms with Gasteiger partial charge in [0.25, 0.3) is 0 Å². The van der Waals surface area contributed by atoms with Gasteiger partial charge in [0.05, 0.1) is 24.2 Å². The van der Waals surface area contributed by atoms with E-state index in [9.17, 15) is 4.79 Å². The summed E-state index contributed by atoms with van der Waals surface area (Å²) in [6.45, 7) is 9.83. The molecule has 0 spiro atoms. The summed E-state index contributed by atoms with van der Waals surface area (Å²) in [5.41, 5.74) is 6.23. The van der Waals surface area contributed by atoms with Crippen molar-refractivity contribution in [1.82, 2.24) is 19.8 Å². The molecule has 172 valence electrons. The maximum atomic E-state index is 13.0. The Balaban J connectivity index is 1.46. The van der Waals surface area contributed by atoms with Gasteiger partial charge in [-0.15, -0.1) is 0 Å². The number of anilines is 1. The molecule has 1 aromatic heterocycles. The number of urea groups is 1. The van der Waals surface area contributed by atoms with Crippen molar-refractivity contribution in [3.63, 3.8) is 0 Å². The number of nitrogens with zero attached hydrogens (tertiary/aromatic N) is 5. The highest BCUT2D eigenvalue weighted by atomic mass is 16.5. The number of hydrogen-bond acceptors (Lipinski definition) is 5. The third-order valence-corrected chi connectivity index (χ3v) is 6.66. The monoisotopic (exact) mass is 445 g/mol. The zero-order valence-corrected chi connectivity index (χ0v) is 19.5. The fraction of sp³-hybridized carbons (Fsp3) is 0.423. The van der Waals surface area contributed by atoms with Crippen LogP contribution in [0, 0.1) is 13.8 Å². The quantitative estimate of drug-likeness (QED) is 0.599. The number of carbonyl (C=O) groups excluding carboxylic acids is 1. The molecule has 7 heteroatoms. The predicted molar refractivity (Wildman–Crippen MR) is 131 cm³/mol. The minimum absolute atomic E-state index is 0.124. The van der Waals surface area contributed by atoms with Crippen LogP contribution in [-0.2, 0) is 4.74 Å². The van der Waals surface area contributed by atoms with Crippen molar-refractivity contribution < 1.29 is 9.53 Å². The number of fused-ring (bicyclic) bond motifs is 1. The van der Waals surface area contributed by atoms with Crippen LogP contribution < -0.4 is 4.90 Å². The van der Waals surface area contributed by atoms with E-state index in [2.05, 4.69) is 43.0 Å². The van der Waals surface area contributed by atoms with E-state index in [0.717, 1.165) is 54.2 Å². The van der Waals surface area contributed by atoms with Crippen LogP contribution in [-0.4, -0.2) is 78.3 Å². The Morgan fingerprint density at radius 2 is 1.48 bits per heavy atom. The van der Waals surface area contributed by atoms with Crippen LogP contribution in [0.25, 0.3) is 22.3 Å². The number of hydrogen-bond donors (Lipinski definition) is 0. The molecular formula is C26H31N5O2. The first kappa shape index (κ1) is 21.6. The van der Waals surface area contributed by atoms with Crippen LogP contribution in [0.1, 0.15) is 17.5 Å². The average Bonchev–Trinajstić information content (AvgIpc) is 3.11. The van der Waals surface area contributed by atoms with E-state index in [4.69, 9.17) is 14.7 Å². The Morgan fingerprint density at radius 1 is 0.818 bits per heavy atom. The van der Waals surface area contributed by atoms with E-state index in [1.165, 1.54) is 11.1 Å². The Labute approximate surface area is 195 Å². The van der Waals surface area contributed by atoms with E-state index < -0.39 is 0 Å². The van der Waals surface area contributed by atoms with Crippen LogP contribution in [0.4, 0.5) is 10.6 Å². The van der Waals surface area contributed by atoms with Crippen LogP contribution in [0.3, 0.4) is 0 Å². The fourth-order valence-corrected chi connectivity index (χ4v) is 4.59. The molecule has 7 nitrogen and oxygen atoms in total. The van der Waals surface area contributed by atoms with Gasteiger partial charge in [0.15, 0.2) is 5.82 Å². The van der Waals surface area contributed by atoms with Gasteiger partial charge in [0.2, 0.25) is 0 Å². The van der Waals surface area contributed by atoms with Crippen LogP contribution in [0.2, 0.25) is 0 Å². The summed E-state index contributed by atoms with van der Waals surface area (Å²) >= 11 is 0. The highest BCUT2D eigenvalue weighted by Gasteiger charge is 2.27. The fourth-order valence-electron chi connectivity index (χ4n) is 4.59. The molecule has 33 heavy (non-hydrogen) atoms. The zero-order valence-electron chi connectivity index (χ0n) is 19.5. The molecule has 0 radical (unpaired) electrons. The number of carbonyl (C=O) groups is 1. The molecule has 2 aromatic carbocycles. The van der Waals surface area contributed by atoms with Crippen molar-refractivity contribution in [2.24, 2.45) is 0 Å². The van der Waals surface area contributed by atoms with Gasteiger partial charge in [-0.2, -0.15) is 0 Å². The standard InChI is InChI=1S/C26H31N5O2/c1-19-17-22-23(18-20(19)2)28-25(24(27-22)21-7-4-3-5-8-21)29-9-6-10-30(12-11-29)26(32)31-13-15-33-16-14-31/h3-5,7-8,17-18H,6,9-16H2,1-2H3. The lowest BCUT2D eigenvalue weighted by molar-refractivity contribution is 0.0438. The first-order valence-corrected chi connectivity index (χ1v) is 11.8. The lowest BCUT2D eigenvalue weighted by atomic mass is 10.1. The lowest BCUT2D eigenvalue weighted by Crippen LogP contribution is -2.49. The van der Waals surface area contributed by atoms with Gasteiger partial charge in [-0.05, 0) is 43.5 Å². The van der Waals surface area contributed by atoms with E-state index in [1.54, 1.807) is 0 Å². The van der Waals surface area contributed by atoms with Crippen molar-refractivity contribution in [3.8, 4) is 11.3 Å². The second-order valence-electron chi connectivity index (χ2n) is 8.90. The minimum atomic E-state index is 0.124. The number of morpholine rings is 1. The highest BCUT2D eigenvalue weighted by molar-refractivity contribution is 5.84. The number of ether oxygens (including phenoxy) is 1. The number of amides is 2. The summed E-state index contributed by atoms with van der Waals surface area (Å²) in [4.78, 5) is 29.4. The number of aryl methyl sites for hydroxylation is 2. The van der Waals surface area contributed by atoms with Gasteiger partial charge in [-0.1, -0.05) is 30.3 Å². The molecule has 2 fully saturated rings. The van der Waals surface area contributed by atoms with Crippen molar-refractivity contribution in [1.29, 1.82) is 0 Å². The molecule has 2 amide bonds. The minimum Gasteiger partial charge on any atom is -0.378 e. The maximum absolute atomic E-state index is 13.0. The maximum Gasteiger partial charge on any atom is 0.320 e. The summed E-state index contributed by atoms with van der Waals surface area (Å²) in [6, 6.07) is 14.7. The van der Waals surface area contributed by atoms with Crippen LogP contribution in [0.15, 0.2) is 42.5 Å². The summed E-state index contributed by atoms with van der Waals surface area (Å²) < 4.78 is 5.41. The molecular weight excluding hydrogens is 414 g/mol. The number of aromatic nitrogens is 2. The molecule has 3 aromatic rings. The van der Waals surface area contributed by atoms with E-state index in [-0.39, 0.29) is 6.03 Å². The summed E-state index contributed by atoms with van der Waals surface area (Å²) in [5, 5.41) is 0. The van der Waals surface area contributed by atoms with Crippen LogP contribution in [0.5, 0.6) is 0 Å². The number of benzene rings is 2. The smallest absolute Gasteiger partial charge is 0.320 e. The van der Waals surface area contributed by atoms with Gasteiger partial charge in [-0.3, -0.25) is 0 Å². The van der Waals surface area contributed by atoms with Crippen molar-refractivity contribution in [2.45, 2.75) is 20.3 Å². The van der Waals surface area contributed by atoms with Crippen LogP contribution >= 0.6 is 0 Å². The van der Waals surface area contributed by atoms with E-state index in [0.29, 0.717) is 32.8 Å². The summed E-state index contributed by atoms with van der Waals surface area (Å²) in [6.07, 6.45) is 0.900. The molecule has 0 saturated carbocycles. The molecule has 0 unspecified atom stereocenters. The number of rotatable bonds is 2. The lowest BCUT2D eigenvalue weighted by Gasteiger charge is -2.32. The molecule has 2 aliphatic heterocycles. The molecule has 0 bridgehead atoms. The van der Waals surface area contributed by atoms with Gasteiger partial charge >= 0.3 is 6.03 Å².